The Hall–Kier alpha value is -1.59. The SMILES string of the molecule is CCCCCCCCCCCCCCCCCCCCCCCCCCCCCCCCCCCCC(=O)OCC(COC(=O)CCCCCCCC)OC(=O)CCCCCCCCCCCCCCCCCCCCCCCCCCC. The molecular formula is C77H150O6. The van der Waals surface area contributed by atoms with Gasteiger partial charge in [0.05, 0.1) is 0 Å². The van der Waals surface area contributed by atoms with E-state index in [9.17, 15) is 14.4 Å². The van der Waals surface area contributed by atoms with Gasteiger partial charge in [-0.15, -0.1) is 0 Å². The molecule has 0 N–H and O–H groups in total. The summed E-state index contributed by atoms with van der Waals surface area (Å²) in [5.74, 6) is -0.834. The molecule has 83 heavy (non-hydrogen) atoms. The minimum absolute atomic E-state index is 0.0615. The zero-order valence-corrected chi connectivity index (χ0v) is 57.0. The van der Waals surface area contributed by atoms with E-state index in [1.54, 1.807) is 0 Å². The number of hydrogen-bond acceptors (Lipinski definition) is 6. The second-order valence-electron chi connectivity index (χ2n) is 26.6. The van der Waals surface area contributed by atoms with E-state index in [1.165, 1.54) is 360 Å². The second kappa shape index (κ2) is 72.9. The van der Waals surface area contributed by atoms with Gasteiger partial charge in [0.15, 0.2) is 6.10 Å². The fraction of sp³-hybridized carbons (Fsp3) is 0.961. The highest BCUT2D eigenvalue weighted by Crippen LogP contribution is 2.20. The summed E-state index contributed by atoms with van der Waals surface area (Å²) in [6, 6.07) is 0. The summed E-state index contributed by atoms with van der Waals surface area (Å²) in [7, 11) is 0. The molecule has 6 nitrogen and oxygen atoms in total. The molecule has 0 spiro atoms. The van der Waals surface area contributed by atoms with Crippen LogP contribution in [0.25, 0.3) is 0 Å². The quantitative estimate of drug-likeness (QED) is 0.0343. The Morgan fingerprint density at radius 1 is 0.193 bits per heavy atom. The number of unbranched alkanes of at least 4 members (excludes halogenated alkanes) is 62. The first kappa shape index (κ1) is 81.4. The summed E-state index contributed by atoms with van der Waals surface area (Å²) in [5, 5.41) is 0. The lowest BCUT2D eigenvalue weighted by molar-refractivity contribution is -0.167. The molecule has 0 heterocycles. The first-order valence-electron chi connectivity index (χ1n) is 38.5. The molecule has 0 amide bonds. The molecule has 0 aromatic rings. The molecule has 0 radical (unpaired) electrons. The number of carbonyl (C=O) groups is 3. The van der Waals surface area contributed by atoms with E-state index in [4.69, 9.17) is 14.2 Å². The van der Waals surface area contributed by atoms with Gasteiger partial charge in [0.25, 0.3) is 0 Å². The summed E-state index contributed by atoms with van der Waals surface area (Å²) in [5.41, 5.74) is 0. The maximum absolute atomic E-state index is 12.9. The molecule has 494 valence electrons. The van der Waals surface area contributed by atoms with Gasteiger partial charge in [-0.05, 0) is 19.3 Å². The van der Waals surface area contributed by atoms with Crippen LogP contribution < -0.4 is 0 Å². The third-order valence-corrected chi connectivity index (χ3v) is 18.1. The van der Waals surface area contributed by atoms with Crippen LogP contribution >= 0.6 is 0 Å². The average molecular weight is 1170 g/mol. The van der Waals surface area contributed by atoms with Crippen LogP contribution in [-0.2, 0) is 28.6 Å². The molecule has 6 heteroatoms. The minimum Gasteiger partial charge on any atom is -0.462 e. The standard InChI is InChI=1S/C77H150O6/c1-4-7-10-13-16-18-20-22-24-26-28-30-32-34-35-36-37-38-39-40-41-42-44-45-47-49-51-53-55-57-59-61-64-67-70-76(79)82-73-74(72-81-75(78)69-66-63-15-12-9-6-3)83-77(80)71-68-65-62-60-58-56-54-52-50-48-46-43-33-31-29-27-25-23-21-19-17-14-11-8-5-2/h74H,4-73H2,1-3H3. The first-order chi connectivity index (χ1) is 41.0. The summed E-state index contributed by atoms with van der Waals surface area (Å²) in [6.07, 6.45) is 87.9. The van der Waals surface area contributed by atoms with Crippen LogP contribution in [-0.4, -0.2) is 37.2 Å². The van der Waals surface area contributed by atoms with Crippen molar-refractivity contribution in [3.63, 3.8) is 0 Å². The van der Waals surface area contributed by atoms with E-state index in [1.807, 2.05) is 0 Å². The van der Waals surface area contributed by atoms with Gasteiger partial charge >= 0.3 is 17.9 Å². The lowest BCUT2D eigenvalue weighted by atomic mass is 10.0. The van der Waals surface area contributed by atoms with E-state index in [0.29, 0.717) is 19.3 Å². The number of carbonyl (C=O) groups excluding carboxylic acids is 3. The highest BCUT2D eigenvalue weighted by molar-refractivity contribution is 5.71. The molecule has 0 aromatic heterocycles. The highest BCUT2D eigenvalue weighted by Gasteiger charge is 2.20. The Kier molecular flexibility index (Phi) is 71.5. The predicted molar refractivity (Wildman–Crippen MR) is 363 cm³/mol. The van der Waals surface area contributed by atoms with Crippen molar-refractivity contribution in [1.82, 2.24) is 0 Å². The van der Waals surface area contributed by atoms with Gasteiger partial charge in [-0.25, -0.2) is 0 Å². The van der Waals surface area contributed by atoms with Crippen LogP contribution in [0.5, 0.6) is 0 Å². The van der Waals surface area contributed by atoms with Crippen molar-refractivity contribution in [2.45, 2.75) is 463 Å². The smallest absolute Gasteiger partial charge is 0.306 e. The Bertz CT molecular complexity index is 1250. The zero-order chi connectivity index (χ0) is 59.9. The molecule has 0 aliphatic heterocycles. The molecule has 0 bridgehead atoms. The van der Waals surface area contributed by atoms with Crippen molar-refractivity contribution in [3.8, 4) is 0 Å². The van der Waals surface area contributed by atoms with E-state index < -0.39 is 6.10 Å². The van der Waals surface area contributed by atoms with Crippen molar-refractivity contribution in [1.29, 1.82) is 0 Å². The topological polar surface area (TPSA) is 78.9 Å². The maximum atomic E-state index is 12.9. The van der Waals surface area contributed by atoms with Crippen molar-refractivity contribution < 1.29 is 28.6 Å². The van der Waals surface area contributed by atoms with Gasteiger partial charge in [-0.1, -0.05) is 419 Å². The summed E-state index contributed by atoms with van der Waals surface area (Å²) in [6.45, 7) is 6.68. The molecule has 0 aliphatic rings. The Labute approximate surface area is 520 Å². The van der Waals surface area contributed by atoms with Crippen LogP contribution in [0.15, 0.2) is 0 Å². The summed E-state index contributed by atoms with van der Waals surface area (Å²) < 4.78 is 16.9. The van der Waals surface area contributed by atoms with Crippen molar-refractivity contribution >= 4 is 17.9 Å². The molecule has 0 aromatic carbocycles. The van der Waals surface area contributed by atoms with Crippen LogP contribution in [0.1, 0.15) is 457 Å². The molecule has 0 aliphatic carbocycles. The van der Waals surface area contributed by atoms with Crippen molar-refractivity contribution in [3.05, 3.63) is 0 Å². The molecule has 0 saturated carbocycles. The molecule has 0 fully saturated rings. The van der Waals surface area contributed by atoms with Crippen molar-refractivity contribution in [2.24, 2.45) is 0 Å². The fourth-order valence-corrected chi connectivity index (χ4v) is 12.3. The number of ether oxygens (including phenoxy) is 3. The third kappa shape index (κ3) is 71.1. The number of esters is 3. The Balaban J connectivity index is 3.87. The predicted octanol–water partition coefficient (Wildman–Crippen LogP) is 26.6. The lowest BCUT2D eigenvalue weighted by Gasteiger charge is -2.18. The maximum Gasteiger partial charge on any atom is 0.306 e. The zero-order valence-electron chi connectivity index (χ0n) is 57.0. The van der Waals surface area contributed by atoms with Gasteiger partial charge in [-0.3, -0.25) is 14.4 Å². The Morgan fingerprint density at radius 2 is 0.325 bits per heavy atom. The first-order valence-corrected chi connectivity index (χ1v) is 38.5. The average Bonchev–Trinajstić information content (AvgIpc) is 3.48. The van der Waals surface area contributed by atoms with Crippen LogP contribution in [0.3, 0.4) is 0 Å². The molecule has 1 unspecified atom stereocenters. The van der Waals surface area contributed by atoms with Crippen LogP contribution in [0, 0.1) is 0 Å². The highest BCUT2D eigenvalue weighted by atomic mass is 16.6. The summed E-state index contributed by atoms with van der Waals surface area (Å²) >= 11 is 0. The lowest BCUT2D eigenvalue weighted by Crippen LogP contribution is -2.30. The van der Waals surface area contributed by atoms with Gasteiger partial charge in [0.2, 0.25) is 0 Å². The third-order valence-electron chi connectivity index (χ3n) is 18.1. The van der Waals surface area contributed by atoms with Gasteiger partial charge in [0.1, 0.15) is 13.2 Å². The number of rotatable bonds is 73. The van der Waals surface area contributed by atoms with E-state index in [2.05, 4.69) is 20.8 Å². The molecule has 0 saturated heterocycles. The Morgan fingerprint density at radius 3 is 0.482 bits per heavy atom. The van der Waals surface area contributed by atoms with E-state index in [0.717, 1.165) is 57.8 Å². The van der Waals surface area contributed by atoms with Gasteiger partial charge in [-0.2, -0.15) is 0 Å². The fourth-order valence-electron chi connectivity index (χ4n) is 12.3. The molecule has 1 atom stereocenters. The van der Waals surface area contributed by atoms with E-state index in [-0.39, 0.29) is 31.1 Å². The largest absolute Gasteiger partial charge is 0.462 e. The van der Waals surface area contributed by atoms with Crippen LogP contribution in [0.2, 0.25) is 0 Å². The summed E-state index contributed by atoms with van der Waals surface area (Å²) in [4.78, 5) is 38.2. The number of hydrogen-bond donors (Lipinski definition) is 0. The van der Waals surface area contributed by atoms with Gasteiger partial charge < -0.3 is 14.2 Å². The molecule has 0 rings (SSSR count). The van der Waals surface area contributed by atoms with Crippen molar-refractivity contribution in [2.75, 3.05) is 13.2 Å². The van der Waals surface area contributed by atoms with Gasteiger partial charge in [0, 0.05) is 19.3 Å². The minimum atomic E-state index is -0.762. The van der Waals surface area contributed by atoms with E-state index >= 15 is 0 Å². The molecular weight excluding hydrogens is 1020 g/mol. The monoisotopic (exact) mass is 1170 g/mol. The van der Waals surface area contributed by atoms with Crippen LogP contribution in [0.4, 0.5) is 0 Å². The normalized spacial score (nSPS) is 11.9. The second-order valence-corrected chi connectivity index (χ2v) is 26.6.